The molecule has 0 spiro atoms. The summed E-state index contributed by atoms with van der Waals surface area (Å²) >= 11 is 14.0. The quantitative estimate of drug-likeness (QED) is 0.266. The van der Waals surface area contributed by atoms with Crippen LogP contribution in [0.1, 0.15) is 21.7 Å². The molecule has 3 N–H and O–H groups in total. The Labute approximate surface area is 220 Å². The summed E-state index contributed by atoms with van der Waals surface area (Å²) in [5.74, 6) is -0.872. The lowest BCUT2D eigenvalue weighted by Gasteiger charge is -2.16. The first-order chi connectivity index (χ1) is 17.0. The average molecular weight is 568 g/mol. The Morgan fingerprint density at radius 3 is 2.64 bits per heavy atom. The number of anilines is 1. The van der Waals surface area contributed by atoms with E-state index < -0.39 is 27.8 Å². The number of aromatic nitrogens is 1. The van der Waals surface area contributed by atoms with Crippen LogP contribution in [0.3, 0.4) is 0 Å². The summed E-state index contributed by atoms with van der Waals surface area (Å²) in [5, 5.41) is 15.9. The van der Waals surface area contributed by atoms with Gasteiger partial charge in [-0.25, -0.2) is 13.2 Å². The number of fused-ring (bicyclic) bond motifs is 1. The van der Waals surface area contributed by atoms with Gasteiger partial charge in [0.1, 0.15) is 17.6 Å². The highest BCUT2D eigenvalue weighted by Crippen LogP contribution is 2.39. The van der Waals surface area contributed by atoms with E-state index in [0.29, 0.717) is 33.8 Å². The monoisotopic (exact) mass is 567 g/mol. The van der Waals surface area contributed by atoms with Crippen LogP contribution in [-0.4, -0.2) is 42.1 Å². The topological polar surface area (TPSA) is 139 Å². The first kappa shape index (κ1) is 26.0. The lowest BCUT2D eigenvalue weighted by atomic mass is 10.1. The molecule has 4 rings (SSSR count). The molecular formula is C23H19Cl2N3O6S2. The van der Waals surface area contributed by atoms with Crippen molar-refractivity contribution in [2.45, 2.75) is 23.9 Å². The van der Waals surface area contributed by atoms with Crippen LogP contribution < -0.4 is 10.6 Å². The van der Waals surface area contributed by atoms with Gasteiger partial charge in [-0.2, -0.15) is 4.37 Å². The minimum Gasteiger partial charge on any atom is -0.480 e. The van der Waals surface area contributed by atoms with E-state index in [1.54, 1.807) is 24.5 Å². The Morgan fingerprint density at radius 2 is 1.97 bits per heavy atom. The van der Waals surface area contributed by atoms with Crippen molar-refractivity contribution >= 4 is 72.4 Å². The fourth-order valence-electron chi connectivity index (χ4n) is 3.50. The van der Waals surface area contributed by atoms with Gasteiger partial charge in [0.2, 0.25) is 0 Å². The molecular weight excluding hydrogens is 549 g/mol. The third-order valence-corrected chi connectivity index (χ3v) is 8.04. The van der Waals surface area contributed by atoms with Gasteiger partial charge in [-0.1, -0.05) is 35.3 Å². The van der Waals surface area contributed by atoms with Gasteiger partial charge in [0.15, 0.2) is 9.84 Å². The Kier molecular flexibility index (Phi) is 7.55. The fourth-order valence-corrected chi connectivity index (χ4v) is 5.70. The van der Waals surface area contributed by atoms with E-state index in [0.717, 1.165) is 17.8 Å². The molecule has 0 aliphatic heterocycles. The van der Waals surface area contributed by atoms with Gasteiger partial charge in [-0.15, -0.1) is 0 Å². The molecule has 1 unspecified atom stereocenters. The van der Waals surface area contributed by atoms with Crippen molar-refractivity contribution in [1.29, 1.82) is 0 Å². The lowest BCUT2D eigenvalue weighted by molar-refractivity contribution is -0.139. The van der Waals surface area contributed by atoms with E-state index in [4.69, 9.17) is 27.6 Å². The molecule has 13 heteroatoms. The van der Waals surface area contributed by atoms with Crippen LogP contribution in [0.15, 0.2) is 58.0 Å². The minimum atomic E-state index is -3.48. The molecule has 2 aromatic carbocycles. The number of nitrogens with zero attached hydrogens (tertiary/aromatic N) is 1. The normalized spacial score (nSPS) is 12.4. The molecule has 0 aliphatic carbocycles. The van der Waals surface area contributed by atoms with Gasteiger partial charge in [0, 0.05) is 18.1 Å². The van der Waals surface area contributed by atoms with E-state index in [9.17, 15) is 23.1 Å². The highest BCUT2D eigenvalue weighted by Gasteiger charge is 2.26. The van der Waals surface area contributed by atoms with Crippen molar-refractivity contribution in [3.05, 3.63) is 75.7 Å². The number of hydrogen-bond acceptors (Lipinski definition) is 8. The van der Waals surface area contributed by atoms with Crippen LogP contribution >= 0.6 is 34.7 Å². The Bertz CT molecular complexity index is 1550. The van der Waals surface area contributed by atoms with Crippen LogP contribution in [0.5, 0.6) is 0 Å². The summed E-state index contributed by atoms with van der Waals surface area (Å²) in [6, 6.07) is 9.63. The highest BCUT2D eigenvalue weighted by atomic mass is 35.5. The summed E-state index contributed by atoms with van der Waals surface area (Å²) in [5.41, 5.74) is 0.344. The Balaban J connectivity index is 1.57. The molecule has 9 nitrogen and oxygen atoms in total. The van der Waals surface area contributed by atoms with Crippen molar-refractivity contribution in [3.8, 4) is 0 Å². The molecule has 188 valence electrons. The number of amides is 1. The third kappa shape index (κ3) is 5.65. The Hall–Kier alpha value is -3.12. The van der Waals surface area contributed by atoms with Crippen molar-refractivity contribution < 1.29 is 27.5 Å². The summed E-state index contributed by atoms with van der Waals surface area (Å²) in [6.07, 6.45) is 2.46. The van der Waals surface area contributed by atoms with Gasteiger partial charge in [0.25, 0.3) is 5.91 Å². The molecule has 0 saturated carbocycles. The molecule has 36 heavy (non-hydrogen) atoms. The maximum absolute atomic E-state index is 13.1. The number of carbonyl (C=O) groups excluding carboxylic acids is 1. The molecule has 1 amide bonds. The molecule has 0 aliphatic rings. The van der Waals surface area contributed by atoms with Gasteiger partial charge >= 0.3 is 5.97 Å². The first-order valence-electron chi connectivity index (χ1n) is 10.4. The fraction of sp³-hybridized carbons (Fsp3) is 0.174. The lowest BCUT2D eigenvalue weighted by Crippen LogP contribution is -2.42. The van der Waals surface area contributed by atoms with Crippen molar-refractivity contribution in [2.75, 3.05) is 11.6 Å². The van der Waals surface area contributed by atoms with Crippen molar-refractivity contribution in [1.82, 2.24) is 9.69 Å². The van der Waals surface area contributed by atoms with E-state index in [-0.39, 0.29) is 26.9 Å². The third-order valence-electron chi connectivity index (χ3n) is 5.26. The first-order valence-corrected chi connectivity index (χ1v) is 13.8. The van der Waals surface area contributed by atoms with Crippen molar-refractivity contribution in [3.63, 3.8) is 0 Å². The molecule has 0 radical (unpaired) electrons. The number of nitrogens with one attached hydrogen (secondary N) is 2. The zero-order valence-corrected chi connectivity index (χ0v) is 21.8. The number of furan rings is 1. The number of carbonyl (C=O) groups is 2. The number of halogens is 2. The molecule has 2 aromatic heterocycles. The molecule has 0 fully saturated rings. The number of hydrogen-bond donors (Lipinski definition) is 3. The predicted octanol–water partition coefficient (Wildman–Crippen LogP) is 4.64. The van der Waals surface area contributed by atoms with Gasteiger partial charge in [-0.3, -0.25) is 4.79 Å². The number of sulfone groups is 1. The standard InChI is InChI=1S/C23H19Cl2N3O6S2/c1-36(32,33)14-6-2-4-12(8-14)9-17(23(30)31)27-22(29)18-16(24)10-15-20(19(18)25)35-28-21(15)26-11-13-5-3-7-34-13/h2-8,10,17H,9,11H2,1H3,(H,26,28)(H,27,29)(H,30,31). The van der Waals surface area contributed by atoms with Crippen LogP contribution in [0.2, 0.25) is 10.0 Å². The van der Waals surface area contributed by atoms with Gasteiger partial charge < -0.3 is 20.2 Å². The molecule has 0 saturated heterocycles. The van der Waals surface area contributed by atoms with Gasteiger partial charge in [0.05, 0.1) is 38.0 Å². The number of rotatable bonds is 9. The van der Waals surface area contributed by atoms with Crippen LogP contribution in [0, 0.1) is 0 Å². The number of carboxylic acids is 1. The molecule has 0 bridgehead atoms. The number of carboxylic acid groups (broad SMARTS) is 1. The van der Waals surface area contributed by atoms with E-state index in [1.165, 1.54) is 24.3 Å². The molecule has 2 heterocycles. The number of aliphatic carboxylic acids is 1. The summed E-state index contributed by atoms with van der Waals surface area (Å²) in [6.45, 7) is 0.379. The summed E-state index contributed by atoms with van der Waals surface area (Å²) in [7, 11) is -3.48. The summed E-state index contributed by atoms with van der Waals surface area (Å²) < 4.78 is 33.8. The van der Waals surface area contributed by atoms with E-state index in [1.807, 2.05) is 0 Å². The number of benzene rings is 2. The second-order valence-corrected chi connectivity index (χ2v) is 11.5. The van der Waals surface area contributed by atoms with Crippen molar-refractivity contribution in [2.24, 2.45) is 0 Å². The minimum absolute atomic E-state index is 0.0226. The maximum atomic E-state index is 13.1. The van der Waals surface area contributed by atoms with Crippen LogP contribution in [0.25, 0.3) is 10.1 Å². The zero-order valence-electron chi connectivity index (χ0n) is 18.6. The molecule has 4 aromatic rings. The van der Waals surface area contributed by atoms with Crippen LogP contribution in [0.4, 0.5) is 5.82 Å². The SMILES string of the molecule is CS(=O)(=O)c1cccc(CC(NC(=O)c2c(Cl)cc3c(NCc4ccco4)nsc3c2Cl)C(=O)O)c1. The second kappa shape index (κ2) is 10.5. The zero-order chi connectivity index (χ0) is 26.0. The second-order valence-electron chi connectivity index (χ2n) is 7.88. The maximum Gasteiger partial charge on any atom is 0.326 e. The van der Waals surface area contributed by atoms with Crippen LogP contribution in [-0.2, 0) is 27.6 Å². The van der Waals surface area contributed by atoms with Gasteiger partial charge in [-0.05, 0) is 47.4 Å². The Morgan fingerprint density at radius 1 is 1.19 bits per heavy atom. The average Bonchev–Trinajstić information content (AvgIpc) is 3.47. The highest BCUT2D eigenvalue weighted by molar-refractivity contribution is 7.90. The molecule has 1 atom stereocenters. The van der Waals surface area contributed by atoms with E-state index in [2.05, 4.69) is 15.0 Å². The summed E-state index contributed by atoms with van der Waals surface area (Å²) in [4.78, 5) is 25.0. The largest absolute Gasteiger partial charge is 0.480 e. The predicted molar refractivity (Wildman–Crippen MR) is 138 cm³/mol. The smallest absolute Gasteiger partial charge is 0.326 e. The van der Waals surface area contributed by atoms with E-state index >= 15 is 0 Å².